The Morgan fingerprint density at radius 2 is 1.65 bits per heavy atom. The van der Waals surface area contributed by atoms with Crippen LogP contribution in [0, 0.1) is 17.8 Å². The molecule has 1 aromatic rings. The Kier molecular flexibility index (Phi) is 5.85. The Morgan fingerprint density at radius 1 is 1.09 bits per heavy atom. The van der Waals surface area contributed by atoms with Crippen molar-refractivity contribution in [2.75, 3.05) is 18.0 Å². The lowest BCUT2D eigenvalue weighted by atomic mass is 9.87. The van der Waals surface area contributed by atoms with Crippen LogP contribution in [-0.2, 0) is 16.0 Å². The highest BCUT2D eigenvalue weighted by Gasteiger charge is 2.27. The van der Waals surface area contributed by atoms with Crippen LogP contribution in [0.3, 0.4) is 0 Å². The Balaban J connectivity index is 1.91. The molecule has 0 saturated carbocycles. The van der Waals surface area contributed by atoms with Gasteiger partial charge in [-0.25, -0.2) is 9.97 Å². The summed E-state index contributed by atoms with van der Waals surface area (Å²) in [4.78, 5) is 34.7. The zero-order chi connectivity index (χ0) is 17.0. The number of ketones is 2. The number of Topliss-reactive ketones (excluding diaryl/α,β-unsaturated/α-hetero) is 2. The van der Waals surface area contributed by atoms with Gasteiger partial charge in [0.05, 0.1) is 0 Å². The molecule has 0 spiro atoms. The Hall–Kier alpha value is -1.78. The van der Waals surface area contributed by atoms with Gasteiger partial charge in [-0.2, -0.15) is 0 Å². The zero-order valence-corrected chi connectivity index (χ0v) is 14.6. The summed E-state index contributed by atoms with van der Waals surface area (Å²) < 4.78 is 0. The monoisotopic (exact) mass is 317 g/mol. The van der Waals surface area contributed by atoms with E-state index < -0.39 is 0 Å². The van der Waals surface area contributed by atoms with Gasteiger partial charge in [0.1, 0.15) is 11.6 Å². The Labute approximate surface area is 138 Å². The molecule has 0 aliphatic carbocycles. The summed E-state index contributed by atoms with van der Waals surface area (Å²) in [5.41, 5.74) is 0.859. The zero-order valence-electron chi connectivity index (χ0n) is 14.6. The number of piperidine rings is 1. The molecule has 2 rings (SSSR count). The van der Waals surface area contributed by atoms with Crippen LogP contribution in [0.2, 0.25) is 0 Å². The van der Waals surface area contributed by atoms with E-state index in [2.05, 4.69) is 14.9 Å². The van der Waals surface area contributed by atoms with Gasteiger partial charge in [-0.3, -0.25) is 9.59 Å². The third-order valence-corrected chi connectivity index (χ3v) is 4.46. The minimum atomic E-state index is 0.0344. The average Bonchev–Trinajstić information content (AvgIpc) is 2.55. The summed E-state index contributed by atoms with van der Waals surface area (Å²) in [5.74, 6) is 1.59. The van der Waals surface area contributed by atoms with Crippen molar-refractivity contribution in [3.05, 3.63) is 18.0 Å². The van der Waals surface area contributed by atoms with Gasteiger partial charge in [0.25, 0.3) is 0 Å². The van der Waals surface area contributed by atoms with Crippen molar-refractivity contribution in [2.45, 2.75) is 47.0 Å². The summed E-state index contributed by atoms with van der Waals surface area (Å²) in [7, 11) is 0. The highest BCUT2D eigenvalue weighted by atomic mass is 16.1. The van der Waals surface area contributed by atoms with Crippen molar-refractivity contribution in [1.82, 2.24) is 9.97 Å². The SMILES string of the molecule is CC(C)C(=O)Cc1cnc(N2CCC(C(=O)C(C)C)CC2)nc1. The first-order valence-corrected chi connectivity index (χ1v) is 8.50. The highest BCUT2D eigenvalue weighted by Crippen LogP contribution is 2.23. The number of hydrogen-bond acceptors (Lipinski definition) is 5. The van der Waals surface area contributed by atoms with Crippen LogP contribution in [0.4, 0.5) is 5.95 Å². The summed E-state index contributed by atoms with van der Waals surface area (Å²) in [6.07, 6.45) is 5.62. The van der Waals surface area contributed by atoms with Crippen LogP contribution >= 0.6 is 0 Å². The third kappa shape index (κ3) is 4.60. The van der Waals surface area contributed by atoms with E-state index >= 15 is 0 Å². The number of rotatable bonds is 6. The number of carbonyl (C=O) groups is 2. The van der Waals surface area contributed by atoms with Gasteiger partial charge in [-0.15, -0.1) is 0 Å². The van der Waals surface area contributed by atoms with E-state index in [-0.39, 0.29) is 23.5 Å². The van der Waals surface area contributed by atoms with E-state index in [1.165, 1.54) is 0 Å². The molecule has 0 bridgehead atoms. The van der Waals surface area contributed by atoms with Crippen molar-refractivity contribution in [3.8, 4) is 0 Å². The van der Waals surface area contributed by atoms with Crippen LogP contribution < -0.4 is 4.90 Å². The van der Waals surface area contributed by atoms with Crippen molar-refractivity contribution in [2.24, 2.45) is 17.8 Å². The predicted octanol–water partition coefficient (Wildman–Crippen LogP) is 2.69. The molecule has 1 aromatic heterocycles. The molecule has 1 fully saturated rings. The number of anilines is 1. The Morgan fingerprint density at radius 3 is 2.13 bits per heavy atom. The Bertz CT molecular complexity index is 544. The van der Waals surface area contributed by atoms with Crippen LogP contribution in [0.1, 0.15) is 46.1 Å². The van der Waals surface area contributed by atoms with Crippen molar-refractivity contribution >= 4 is 17.5 Å². The molecule has 2 heterocycles. The topological polar surface area (TPSA) is 63.2 Å². The molecule has 126 valence electrons. The van der Waals surface area contributed by atoms with Crippen molar-refractivity contribution in [3.63, 3.8) is 0 Å². The minimum absolute atomic E-state index is 0.0344. The molecule has 23 heavy (non-hydrogen) atoms. The molecule has 1 aliphatic heterocycles. The maximum atomic E-state index is 12.1. The molecule has 1 saturated heterocycles. The summed E-state index contributed by atoms with van der Waals surface area (Å²) >= 11 is 0. The lowest BCUT2D eigenvalue weighted by Gasteiger charge is -2.31. The third-order valence-electron chi connectivity index (χ3n) is 4.46. The lowest BCUT2D eigenvalue weighted by molar-refractivity contribution is -0.126. The summed E-state index contributed by atoms with van der Waals surface area (Å²) in [6, 6.07) is 0. The second-order valence-electron chi connectivity index (χ2n) is 7.01. The number of carbonyl (C=O) groups excluding carboxylic acids is 2. The van der Waals surface area contributed by atoms with Crippen LogP contribution in [0.5, 0.6) is 0 Å². The molecule has 0 radical (unpaired) electrons. The first kappa shape index (κ1) is 17.6. The van der Waals surface area contributed by atoms with Gasteiger partial charge >= 0.3 is 0 Å². The van der Waals surface area contributed by atoms with Crippen LogP contribution in [0.25, 0.3) is 0 Å². The minimum Gasteiger partial charge on any atom is -0.341 e. The van der Waals surface area contributed by atoms with Gasteiger partial charge in [-0.05, 0) is 18.4 Å². The molecular formula is C18H27N3O2. The van der Waals surface area contributed by atoms with Gasteiger partial charge in [0.2, 0.25) is 5.95 Å². The summed E-state index contributed by atoms with van der Waals surface area (Å²) in [5, 5.41) is 0. The van der Waals surface area contributed by atoms with E-state index in [0.717, 1.165) is 31.5 Å². The fraction of sp³-hybridized carbons (Fsp3) is 0.667. The first-order chi connectivity index (χ1) is 10.9. The van der Waals surface area contributed by atoms with E-state index in [1.807, 2.05) is 27.7 Å². The van der Waals surface area contributed by atoms with Gasteiger partial charge in [0.15, 0.2) is 0 Å². The lowest BCUT2D eigenvalue weighted by Crippen LogP contribution is -2.38. The summed E-state index contributed by atoms with van der Waals surface area (Å²) in [6.45, 7) is 9.37. The molecule has 5 heteroatoms. The van der Waals surface area contributed by atoms with Crippen LogP contribution in [-0.4, -0.2) is 34.6 Å². The van der Waals surface area contributed by atoms with Crippen LogP contribution in [0.15, 0.2) is 12.4 Å². The van der Waals surface area contributed by atoms with Gasteiger partial charge in [0, 0.05) is 49.7 Å². The fourth-order valence-electron chi connectivity index (χ4n) is 2.84. The van der Waals surface area contributed by atoms with Crippen molar-refractivity contribution in [1.29, 1.82) is 0 Å². The first-order valence-electron chi connectivity index (χ1n) is 8.50. The molecule has 0 unspecified atom stereocenters. The number of hydrogen-bond donors (Lipinski definition) is 0. The largest absolute Gasteiger partial charge is 0.341 e. The number of aromatic nitrogens is 2. The van der Waals surface area contributed by atoms with E-state index in [0.29, 0.717) is 18.2 Å². The smallest absolute Gasteiger partial charge is 0.225 e. The number of nitrogens with zero attached hydrogens (tertiary/aromatic N) is 3. The molecule has 1 aliphatic rings. The molecule has 0 N–H and O–H groups in total. The van der Waals surface area contributed by atoms with E-state index in [9.17, 15) is 9.59 Å². The van der Waals surface area contributed by atoms with Gasteiger partial charge in [-0.1, -0.05) is 27.7 Å². The van der Waals surface area contributed by atoms with E-state index in [1.54, 1.807) is 12.4 Å². The molecular weight excluding hydrogens is 290 g/mol. The molecule has 0 atom stereocenters. The maximum Gasteiger partial charge on any atom is 0.225 e. The second kappa shape index (κ2) is 7.66. The standard InChI is InChI=1S/C18H27N3O2/c1-12(2)16(22)9-14-10-19-18(20-11-14)21-7-5-15(6-8-21)17(23)13(3)4/h10-13,15H,5-9H2,1-4H3. The average molecular weight is 317 g/mol. The normalized spacial score (nSPS) is 16.2. The maximum absolute atomic E-state index is 12.1. The van der Waals surface area contributed by atoms with Gasteiger partial charge < -0.3 is 4.90 Å². The van der Waals surface area contributed by atoms with Crippen molar-refractivity contribution < 1.29 is 9.59 Å². The predicted molar refractivity (Wildman–Crippen MR) is 90.4 cm³/mol. The molecule has 0 amide bonds. The molecule has 0 aromatic carbocycles. The molecule has 5 nitrogen and oxygen atoms in total. The fourth-order valence-corrected chi connectivity index (χ4v) is 2.84. The second-order valence-corrected chi connectivity index (χ2v) is 7.01. The quantitative estimate of drug-likeness (QED) is 0.807. The van der Waals surface area contributed by atoms with E-state index in [4.69, 9.17) is 0 Å². The highest BCUT2D eigenvalue weighted by molar-refractivity contribution is 5.83.